The molecular weight excluding hydrogens is 384 g/mol. The molecule has 0 aromatic heterocycles. The van der Waals surface area contributed by atoms with E-state index in [-0.39, 0.29) is 11.5 Å². The molecule has 164 valence electrons. The van der Waals surface area contributed by atoms with Gasteiger partial charge in [-0.15, -0.1) is 0 Å². The largest absolute Gasteiger partial charge is 0.497 e. The molecule has 1 aromatic carbocycles. The van der Waals surface area contributed by atoms with Gasteiger partial charge in [0.25, 0.3) is 0 Å². The Kier molecular flexibility index (Phi) is 5.60. The topological polar surface area (TPSA) is 29.5 Å². The van der Waals surface area contributed by atoms with Crippen molar-refractivity contribution in [3.63, 3.8) is 0 Å². The number of hydrogen-bond acceptors (Lipinski definition) is 2. The minimum absolute atomic E-state index is 0.179. The van der Waals surface area contributed by atoms with Gasteiger partial charge in [0.2, 0.25) is 0 Å². The summed E-state index contributed by atoms with van der Waals surface area (Å²) in [5.74, 6) is 2.75. The number of benzene rings is 1. The first-order valence-electron chi connectivity index (χ1n) is 11.8. The number of methoxy groups -OCH3 is 1. The molecule has 0 heterocycles. The molecular formula is C27H40O2Si. The Balaban J connectivity index is 1.86. The van der Waals surface area contributed by atoms with Crippen molar-refractivity contribution >= 4 is 13.6 Å². The van der Waals surface area contributed by atoms with Gasteiger partial charge in [-0.05, 0) is 84.6 Å². The van der Waals surface area contributed by atoms with Crippen LogP contribution < -0.4 is 4.74 Å². The average Bonchev–Trinajstić information content (AvgIpc) is 2.69. The van der Waals surface area contributed by atoms with Crippen LogP contribution in [0, 0.1) is 23.2 Å². The summed E-state index contributed by atoms with van der Waals surface area (Å²) in [6.45, 7) is 14.8. The molecule has 0 spiro atoms. The molecule has 0 saturated heterocycles. The fraction of sp³-hybridized carbons (Fsp3) is 0.630. The lowest BCUT2D eigenvalue weighted by Gasteiger charge is -2.56. The first kappa shape index (κ1) is 21.9. The average molecular weight is 425 g/mol. The summed E-state index contributed by atoms with van der Waals surface area (Å²) >= 11 is 0. The summed E-state index contributed by atoms with van der Waals surface area (Å²) in [5, 5.41) is 12.9. The number of hydrogen-bond donors (Lipinski definition) is 1. The first-order valence-corrected chi connectivity index (χ1v) is 15.3. The zero-order chi connectivity index (χ0) is 21.8. The summed E-state index contributed by atoms with van der Waals surface area (Å²) in [7, 11) is 0.203. The molecule has 5 atom stereocenters. The van der Waals surface area contributed by atoms with Crippen LogP contribution in [0.4, 0.5) is 0 Å². The zero-order valence-corrected chi connectivity index (χ0v) is 21.0. The van der Waals surface area contributed by atoms with E-state index in [0.717, 1.165) is 18.1 Å². The summed E-state index contributed by atoms with van der Waals surface area (Å²) in [5.41, 5.74) is 5.98. The van der Waals surface area contributed by atoms with E-state index in [0.29, 0.717) is 11.8 Å². The lowest BCUT2D eigenvalue weighted by Crippen LogP contribution is -2.50. The highest BCUT2D eigenvalue weighted by atomic mass is 28.3. The van der Waals surface area contributed by atoms with Crippen LogP contribution in [-0.4, -0.2) is 26.4 Å². The molecule has 30 heavy (non-hydrogen) atoms. The Hall–Kier alpha value is -1.32. The highest BCUT2D eigenvalue weighted by molar-refractivity contribution is 6.84. The summed E-state index contributed by atoms with van der Waals surface area (Å²) in [6.07, 6.45) is 5.64. The van der Waals surface area contributed by atoms with Crippen LogP contribution in [0.1, 0.15) is 58.4 Å². The highest BCUT2D eigenvalue weighted by Crippen LogP contribution is 2.61. The maximum Gasteiger partial charge on any atom is 0.118 e. The normalized spacial score (nSPS) is 34.5. The number of aliphatic hydroxyl groups excluding tert-OH is 1. The molecule has 3 aliphatic carbocycles. The fourth-order valence-electron chi connectivity index (χ4n) is 6.90. The Labute approximate surface area is 184 Å². The van der Waals surface area contributed by atoms with Crippen LogP contribution in [0.5, 0.6) is 5.75 Å². The Morgan fingerprint density at radius 3 is 2.37 bits per heavy atom. The molecule has 1 unspecified atom stereocenters. The zero-order valence-electron chi connectivity index (χ0n) is 20.0. The van der Waals surface area contributed by atoms with E-state index in [9.17, 15) is 5.11 Å². The van der Waals surface area contributed by atoms with Crippen molar-refractivity contribution in [2.24, 2.45) is 23.2 Å². The molecule has 1 N–H and O–H groups in total. The number of ether oxygens (including phenoxy) is 1. The molecule has 2 nitrogen and oxygen atoms in total. The maximum absolute atomic E-state index is 11.2. The number of rotatable bonds is 3. The molecule has 0 amide bonds. The van der Waals surface area contributed by atoms with Gasteiger partial charge in [-0.1, -0.05) is 62.8 Å². The third-order valence-electron chi connectivity index (χ3n) is 8.53. The Morgan fingerprint density at radius 2 is 1.77 bits per heavy atom. The highest BCUT2D eigenvalue weighted by Gasteiger charge is 2.53. The number of allylic oxidation sites excluding steroid dienone is 3. The van der Waals surface area contributed by atoms with Crippen molar-refractivity contribution < 1.29 is 9.84 Å². The van der Waals surface area contributed by atoms with Gasteiger partial charge in [0.1, 0.15) is 5.75 Å². The van der Waals surface area contributed by atoms with Gasteiger partial charge in [-0.25, -0.2) is 0 Å². The third-order valence-corrected chi connectivity index (χ3v) is 10.8. The van der Waals surface area contributed by atoms with Gasteiger partial charge in [0, 0.05) is 0 Å². The summed E-state index contributed by atoms with van der Waals surface area (Å²) in [4.78, 5) is 0. The molecule has 2 saturated carbocycles. The summed E-state index contributed by atoms with van der Waals surface area (Å²) < 4.78 is 5.41. The van der Waals surface area contributed by atoms with E-state index in [1.54, 1.807) is 17.9 Å². The van der Waals surface area contributed by atoms with Gasteiger partial charge >= 0.3 is 0 Å². The second kappa shape index (κ2) is 7.67. The second-order valence-electron chi connectivity index (χ2n) is 11.5. The van der Waals surface area contributed by atoms with Crippen molar-refractivity contribution in [1.82, 2.24) is 0 Å². The van der Waals surface area contributed by atoms with Crippen LogP contribution in [0.15, 0.2) is 40.6 Å². The Morgan fingerprint density at radius 1 is 1.10 bits per heavy atom. The number of fused-ring (bicyclic) bond motifs is 3. The van der Waals surface area contributed by atoms with E-state index < -0.39 is 8.07 Å². The predicted molar refractivity (Wildman–Crippen MR) is 129 cm³/mol. The van der Waals surface area contributed by atoms with Gasteiger partial charge in [0.05, 0.1) is 21.3 Å². The fourth-order valence-corrected chi connectivity index (χ4v) is 8.88. The minimum Gasteiger partial charge on any atom is -0.497 e. The molecule has 2 fully saturated rings. The molecule has 4 rings (SSSR count). The third kappa shape index (κ3) is 3.52. The van der Waals surface area contributed by atoms with Gasteiger partial charge in [-0.2, -0.15) is 0 Å². The lowest BCUT2D eigenvalue weighted by molar-refractivity contribution is -0.0406. The van der Waals surface area contributed by atoms with Crippen LogP contribution in [0.3, 0.4) is 0 Å². The van der Waals surface area contributed by atoms with Gasteiger partial charge in [0.15, 0.2) is 0 Å². The second-order valence-corrected chi connectivity index (χ2v) is 16.6. The molecule has 3 aliphatic rings. The summed E-state index contributed by atoms with van der Waals surface area (Å²) in [6, 6.07) is 8.63. The molecule has 1 aromatic rings. The van der Waals surface area contributed by atoms with E-state index in [1.807, 2.05) is 0 Å². The predicted octanol–water partition coefficient (Wildman–Crippen LogP) is 6.87. The standard InChI is InChI=1S/C27H40O2Si/c1-17-8-13-22-21(14-17)24(28)15-23-18(2)26(19-9-11-20(29-4)12-10-19)25(30(5,6)7)16-27(22,23)3/h9-12,17,21-22,24,28H,8,13-16H2,1-7H3/t17?,21-,22-,24-,27-/m1/s1. The minimum atomic E-state index is -1.52. The van der Waals surface area contributed by atoms with Crippen molar-refractivity contribution in [3.8, 4) is 5.75 Å². The van der Waals surface area contributed by atoms with E-state index in [2.05, 4.69) is 64.7 Å². The monoisotopic (exact) mass is 424 g/mol. The van der Waals surface area contributed by atoms with Crippen molar-refractivity contribution in [1.29, 1.82) is 0 Å². The van der Waals surface area contributed by atoms with Crippen molar-refractivity contribution in [3.05, 3.63) is 46.2 Å². The van der Waals surface area contributed by atoms with Crippen molar-refractivity contribution in [2.75, 3.05) is 7.11 Å². The van der Waals surface area contributed by atoms with E-state index in [1.165, 1.54) is 42.4 Å². The van der Waals surface area contributed by atoms with Crippen LogP contribution >= 0.6 is 0 Å². The molecule has 3 heteroatoms. The molecule has 0 radical (unpaired) electrons. The maximum atomic E-state index is 11.2. The lowest BCUT2D eigenvalue weighted by atomic mass is 9.51. The smallest absolute Gasteiger partial charge is 0.118 e. The molecule has 0 bridgehead atoms. The van der Waals surface area contributed by atoms with E-state index >= 15 is 0 Å². The SMILES string of the molecule is COc1ccc(C2=C([Si](C)(C)C)C[C@@]3(C)C(=C2C)C[C@@H](O)[C@@H]2CC(C)CC[C@H]23)cc1. The Bertz CT molecular complexity index is 873. The molecule has 0 aliphatic heterocycles. The first-order chi connectivity index (χ1) is 14.1. The van der Waals surface area contributed by atoms with Gasteiger partial charge < -0.3 is 9.84 Å². The van der Waals surface area contributed by atoms with Crippen LogP contribution in [0.25, 0.3) is 5.57 Å². The number of aliphatic hydroxyl groups is 1. The van der Waals surface area contributed by atoms with E-state index in [4.69, 9.17) is 4.74 Å². The van der Waals surface area contributed by atoms with Crippen molar-refractivity contribution in [2.45, 2.75) is 78.6 Å². The quantitative estimate of drug-likeness (QED) is 0.536. The van der Waals surface area contributed by atoms with Crippen LogP contribution in [-0.2, 0) is 0 Å². The van der Waals surface area contributed by atoms with Crippen LogP contribution in [0.2, 0.25) is 19.6 Å². The van der Waals surface area contributed by atoms with Gasteiger partial charge in [-0.3, -0.25) is 0 Å².